The van der Waals surface area contributed by atoms with Crippen LogP contribution in [0.5, 0.6) is 0 Å². The molecular formula is C83H163N19O38. The normalized spacial score (nSPS) is 47.0. The van der Waals surface area contributed by atoms with E-state index in [1.165, 1.54) is 0 Å². The van der Waals surface area contributed by atoms with Crippen LogP contribution in [0.15, 0.2) is 4.99 Å². The van der Waals surface area contributed by atoms with Crippen LogP contribution < -0.4 is 103 Å². The van der Waals surface area contributed by atoms with Crippen LogP contribution in [0, 0.1) is 17.8 Å². The molecule has 12 rings (SSSR count). The second kappa shape index (κ2) is 55.5. The Morgan fingerprint density at radius 2 is 0.593 bits per heavy atom. The van der Waals surface area contributed by atoms with Crippen molar-refractivity contribution in [2.24, 2.45) is 126 Å². The van der Waals surface area contributed by atoms with Gasteiger partial charge in [-0.15, -0.1) is 0 Å². The van der Waals surface area contributed by atoms with Gasteiger partial charge in [-0.2, -0.15) is 0 Å². The fourth-order valence-electron chi connectivity index (χ4n) is 19.8. The van der Waals surface area contributed by atoms with Gasteiger partial charge in [0.2, 0.25) is 0 Å². The first-order chi connectivity index (χ1) is 66.6. The van der Waals surface area contributed by atoms with Gasteiger partial charge in [0.15, 0.2) is 68.4 Å². The van der Waals surface area contributed by atoms with Crippen molar-refractivity contribution < 1.29 is 187 Å². The number of carbonyl (C=O) groups is 1. The second-order valence-electron chi connectivity index (χ2n) is 38.5. The molecule has 9 heterocycles. The summed E-state index contributed by atoms with van der Waals surface area (Å²) in [4.78, 5) is 16.7. The van der Waals surface area contributed by atoms with Gasteiger partial charge in [0, 0.05) is 83.3 Å². The number of ether oxygens (including phenoxy) is 18. The van der Waals surface area contributed by atoms with E-state index in [0.717, 1.165) is 0 Å². The lowest BCUT2D eigenvalue weighted by molar-refractivity contribution is -0.292. The summed E-state index contributed by atoms with van der Waals surface area (Å²) in [6, 6.07) is -7.54. The first-order valence-corrected chi connectivity index (χ1v) is 48.3. The third-order valence-electron chi connectivity index (χ3n) is 28.4. The summed E-state index contributed by atoms with van der Waals surface area (Å²) in [5.41, 5.74) is 107. The highest BCUT2D eigenvalue weighted by molar-refractivity contribution is 5.83. The van der Waals surface area contributed by atoms with E-state index >= 15 is 0 Å². The molecule has 57 heteroatoms. The van der Waals surface area contributed by atoms with Crippen LogP contribution in [0.2, 0.25) is 0 Å². The number of ketones is 1. The number of nitrogens with zero attached hydrogens (tertiary/aromatic N) is 1. The van der Waals surface area contributed by atoms with Crippen molar-refractivity contribution >= 4 is 11.7 Å². The van der Waals surface area contributed by atoms with Gasteiger partial charge in [0.05, 0.1) is 112 Å². The predicted molar refractivity (Wildman–Crippen MR) is 481 cm³/mol. The van der Waals surface area contributed by atoms with Gasteiger partial charge in [-0.05, 0) is 101 Å². The van der Waals surface area contributed by atoms with E-state index in [0.29, 0.717) is 64.2 Å². The Morgan fingerprint density at radius 1 is 0.307 bits per heavy atom. The molecule has 9 aliphatic heterocycles. The lowest BCUT2D eigenvalue weighted by Crippen LogP contribution is -2.64. The molecule has 0 aromatic carbocycles. The predicted octanol–water partition coefficient (Wildman–Crippen LogP) is -20.4. The Bertz CT molecular complexity index is 3470. The van der Waals surface area contributed by atoms with E-state index < -0.39 is 344 Å². The number of carbonyl (C=O) groups excluding carboxylic acids is 1. The lowest BCUT2D eigenvalue weighted by Gasteiger charge is -2.46. The number of hydrogen-bond acceptors (Lipinski definition) is 55. The molecular weight excluding hydrogens is 1870 g/mol. The van der Waals surface area contributed by atoms with Gasteiger partial charge in [0.25, 0.3) is 0 Å². The molecule has 12 aliphatic rings. The topological polar surface area (TPSA) is 1050 Å². The van der Waals surface area contributed by atoms with E-state index in [9.17, 15) is 102 Å². The zero-order chi connectivity index (χ0) is 103. The highest BCUT2D eigenvalue weighted by atomic mass is 16.8. The molecule has 0 amide bonds. The van der Waals surface area contributed by atoms with Crippen molar-refractivity contribution in [3.63, 3.8) is 0 Å². The van der Waals surface area contributed by atoms with Gasteiger partial charge in [-0.1, -0.05) is 0 Å². The maximum absolute atomic E-state index is 13.0. The van der Waals surface area contributed by atoms with Crippen molar-refractivity contribution in [1.82, 2.24) is 0 Å². The van der Waals surface area contributed by atoms with Crippen LogP contribution in [-0.4, -0.2) is 500 Å². The molecule has 0 aromatic rings. The van der Waals surface area contributed by atoms with E-state index in [1.807, 2.05) is 0 Å². The van der Waals surface area contributed by atoms with Crippen LogP contribution in [0.25, 0.3) is 0 Å². The van der Waals surface area contributed by atoms with Crippen molar-refractivity contribution in [2.75, 3.05) is 78.8 Å². The maximum atomic E-state index is 13.0. The zero-order valence-electron chi connectivity index (χ0n) is 78.4. The monoisotopic (exact) mass is 2030 g/mol. The smallest absolute Gasteiger partial charge is 0.187 e. The summed E-state index contributed by atoms with van der Waals surface area (Å²) >= 11 is 0. The molecule has 57 nitrogen and oxygen atoms in total. The Hall–Kier alpha value is -3.18. The van der Waals surface area contributed by atoms with Crippen LogP contribution >= 0.6 is 0 Å². The lowest BCUT2D eigenvalue weighted by atomic mass is 9.76. The molecule has 0 radical (unpaired) electrons. The van der Waals surface area contributed by atoms with E-state index in [1.54, 1.807) is 0 Å². The van der Waals surface area contributed by atoms with Crippen molar-refractivity contribution in [2.45, 2.75) is 409 Å². The highest BCUT2D eigenvalue weighted by Gasteiger charge is 2.60. The molecule has 55 N–H and O–H groups in total. The maximum Gasteiger partial charge on any atom is 0.187 e. The van der Waals surface area contributed by atoms with Gasteiger partial charge in [-0.3, -0.25) is 9.79 Å². The minimum atomic E-state index is -1.64. The van der Waals surface area contributed by atoms with Gasteiger partial charge >= 0.3 is 0 Å². The number of guanidine groups is 1. The minimum Gasteiger partial charge on any atom is -0.394 e. The molecule has 3 saturated carbocycles. The quantitative estimate of drug-likeness (QED) is 0.0200. The summed E-state index contributed by atoms with van der Waals surface area (Å²) in [7, 11) is 0. The Balaban J connectivity index is 0.000000217. The highest BCUT2D eigenvalue weighted by Crippen LogP contribution is 2.44. The molecule has 0 bridgehead atoms. The second-order valence-corrected chi connectivity index (χ2v) is 38.5. The number of nitrogens with two attached hydrogens (primary N) is 18. The number of hydrogen-bond donors (Lipinski definition) is 37. The van der Waals surface area contributed by atoms with Crippen LogP contribution in [-0.2, 0) is 90.1 Å². The average Bonchev–Trinajstić information content (AvgIpc) is 1.71. The van der Waals surface area contributed by atoms with E-state index in [-0.39, 0.29) is 109 Å². The molecule has 2 unspecified atom stereocenters. The Labute approximate surface area is 809 Å². The SMILES string of the molecule is NCC(O)CC[C@@H]1C[C@H](N)[C@@H](O[C@H]2O[C@H](CN)CC[C@H]2N)[C@H](O[C@@H]2O[C@H](CO)[C@@H](O[C@H]3O[C@@H](CN)[C@@H](O)[C@H](O)[C@H]3N)[C@H]2O)[C@H]1O.NC[C@@H]1CC[C@@H](N)[C@@H](O[C@H]2[C@H](O[C@@H]3O[C@H](CO)[C@@H](O[C@H]4O[C@@H](CN)[C@@H](O)[C@H](O)[C@H]4N)[C@H]3O)[C@@H](O)[C@H](CC(=O)[C@@H](O)CCN=C(N)N)C[C@@H]2N)O1.NC[C@@H]1CC[C@@H](N)[C@@H](O[C@H]2[C@H](O[C@@H]3O[C@H](CO)[C@@H](O[C@H]4O[C@@H](CN)[C@@H](O)[C@H](O)[C@H]4N)[C@H]3O)[C@@H](O)[C@H](CCC(O)CO)C[C@@H]2N)O1. The summed E-state index contributed by atoms with van der Waals surface area (Å²) in [5.74, 6) is -2.55. The molecule has 3 aliphatic carbocycles. The van der Waals surface area contributed by atoms with Gasteiger partial charge in [-0.25, -0.2) is 0 Å². The van der Waals surface area contributed by atoms with Crippen molar-refractivity contribution in [1.29, 1.82) is 0 Å². The Kier molecular flexibility index (Phi) is 47.1. The first-order valence-electron chi connectivity index (χ1n) is 48.3. The molecule has 12 fully saturated rings. The molecule has 818 valence electrons. The largest absolute Gasteiger partial charge is 0.394 e. The number of Topliss-reactive ketones (excluding diaryl/α,β-unsaturated/α-hetero) is 1. The number of rotatable bonds is 41. The standard InChI is InChI=1S/C29H56N8O13.C27H54N6O12.C27H53N5O13/c30-7-11-1-2-12(32)26(45-11)48-23-13(33)5-10(6-15(40)14(39)3-4-37-29(35)36)19(41)25(23)50-28-22(44)24(17(9-38)47-28)49-27-18(34)21(43)20(42)16(8-31)46-27;28-6-11(35)2-1-10-5-14(32)22(43-25-13(31)4-3-12(7-29)40-25)24(18(10)36)45-27-21(39)23(16(9-34)42-27)44-26-17(33)20(38)19(37)15(8-30)41-26;28-6-12-3-4-13(30)25(40-12)43-22-14(31)5-10(1-2-11(35)8-33)18(36)24(22)45-27-21(39)23(16(9-34)42-27)44-26-17(32)20(38)19(37)15(7-29)41-26/h10-14,16-28,38-39,41-44H,1-9,30-34H2,(H4,35,36,37);10-27,34-39H,1-9,28-33H2;10-27,33-39H,1-9,28-32H2/t10-,11-,12+,13-,14-,16-,17+,18+,19-,20+,21+,22+,23+,24+,25+,26+,27+,28-;2*10-,11?,12+,13-,14+,15+,16-,17-,18+,19-,20-,21-,22-,23-,24-,25-,26-,27+/m011/s1. The fourth-order valence-corrected chi connectivity index (χ4v) is 19.8. The van der Waals surface area contributed by atoms with Crippen LogP contribution in [0.4, 0.5) is 0 Å². The minimum absolute atomic E-state index is 0.00442. The summed E-state index contributed by atoms with van der Waals surface area (Å²) in [6.45, 7) is -2.01. The Morgan fingerprint density at radius 3 is 0.879 bits per heavy atom. The average molecular weight is 2040 g/mol. The molecule has 0 aromatic heterocycles. The van der Waals surface area contributed by atoms with Crippen LogP contribution in [0.1, 0.15) is 96.3 Å². The number of aliphatic imine (C=N–C) groups is 1. The third-order valence-corrected chi connectivity index (χ3v) is 28.4. The third kappa shape index (κ3) is 29.6. The first kappa shape index (κ1) is 119. The molecule has 140 heavy (non-hydrogen) atoms. The number of aliphatic hydroxyl groups is 19. The van der Waals surface area contributed by atoms with Gasteiger partial charge < -0.3 is 285 Å². The molecule has 0 spiro atoms. The summed E-state index contributed by atoms with van der Waals surface area (Å²) in [5, 5.41) is 200. The molecule has 9 saturated heterocycles. The van der Waals surface area contributed by atoms with Crippen molar-refractivity contribution in [3.05, 3.63) is 0 Å². The van der Waals surface area contributed by atoms with Crippen molar-refractivity contribution in [3.8, 4) is 0 Å². The number of aliphatic hydroxyl groups excluding tert-OH is 19. The zero-order valence-corrected chi connectivity index (χ0v) is 78.4. The molecule has 54 atom stereocenters. The van der Waals surface area contributed by atoms with Gasteiger partial charge in [0.1, 0.15) is 153 Å². The van der Waals surface area contributed by atoms with E-state index in [4.69, 9.17) is 188 Å². The fraction of sp³-hybridized carbons (Fsp3) is 0.976. The van der Waals surface area contributed by atoms with Crippen LogP contribution in [0.3, 0.4) is 0 Å². The summed E-state index contributed by atoms with van der Waals surface area (Å²) < 4.78 is 107. The summed E-state index contributed by atoms with van der Waals surface area (Å²) in [6.07, 6.45) is -44.6. The van der Waals surface area contributed by atoms with E-state index in [2.05, 4.69) is 4.99 Å².